The highest BCUT2D eigenvalue weighted by atomic mass is 16.4. The fourth-order valence-electron chi connectivity index (χ4n) is 1.13. The quantitative estimate of drug-likeness (QED) is 0.524. The van der Waals surface area contributed by atoms with E-state index in [9.17, 15) is 14.4 Å². The summed E-state index contributed by atoms with van der Waals surface area (Å²) in [5.41, 5.74) is -0.475. The van der Waals surface area contributed by atoms with Gasteiger partial charge in [0, 0.05) is 20.0 Å². The Morgan fingerprint density at radius 2 is 2.18 bits per heavy atom. The van der Waals surface area contributed by atoms with Crippen molar-refractivity contribution >= 4 is 17.8 Å². The van der Waals surface area contributed by atoms with Crippen LogP contribution in [0, 0.1) is 0 Å². The second-order valence-electron chi connectivity index (χ2n) is 3.11. The molecule has 2 amide bonds. The van der Waals surface area contributed by atoms with E-state index in [4.69, 9.17) is 5.11 Å². The molecule has 0 aliphatic rings. The topological polar surface area (TPSA) is 124 Å². The molecule has 8 nitrogen and oxygen atoms in total. The summed E-state index contributed by atoms with van der Waals surface area (Å²) in [4.78, 5) is 39.0. The van der Waals surface area contributed by atoms with Crippen LogP contribution in [0.15, 0.2) is 6.33 Å². The fraction of sp³-hybridized carbons (Fsp3) is 0.333. The van der Waals surface area contributed by atoms with Crippen molar-refractivity contribution in [3.05, 3.63) is 17.7 Å². The third-order valence-corrected chi connectivity index (χ3v) is 1.98. The van der Waals surface area contributed by atoms with Crippen molar-refractivity contribution in [2.75, 3.05) is 13.6 Å². The van der Waals surface area contributed by atoms with Crippen LogP contribution in [-0.4, -0.2) is 46.5 Å². The van der Waals surface area contributed by atoms with Crippen molar-refractivity contribution in [2.24, 2.45) is 0 Å². The zero-order chi connectivity index (χ0) is 12.8. The van der Waals surface area contributed by atoms with Gasteiger partial charge >= 0.3 is 5.97 Å². The summed E-state index contributed by atoms with van der Waals surface area (Å²) in [6, 6.07) is 0. The SMILES string of the molecule is CNC(=O)CCNC(=O)c1nc[nH]c1C(=O)O. The van der Waals surface area contributed by atoms with Gasteiger partial charge in [0.05, 0.1) is 6.33 Å². The van der Waals surface area contributed by atoms with Gasteiger partial charge in [0.15, 0.2) is 11.4 Å². The minimum atomic E-state index is -1.26. The van der Waals surface area contributed by atoms with Crippen LogP contribution in [0.3, 0.4) is 0 Å². The Balaban J connectivity index is 2.55. The Kier molecular flexibility index (Phi) is 4.21. The highest BCUT2D eigenvalue weighted by Crippen LogP contribution is 2.02. The predicted molar refractivity (Wildman–Crippen MR) is 56.6 cm³/mol. The van der Waals surface area contributed by atoms with Crippen molar-refractivity contribution in [1.82, 2.24) is 20.6 Å². The molecule has 0 atom stereocenters. The van der Waals surface area contributed by atoms with Gasteiger partial charge in [-0.15, -0.1) is 0 Å². The molecule has 0 unspecified atom stereocenters. The summed E-state index contributed by atoms with van der Waals surface area (Å²) in [5.74, 6) is -2.11. The molecule has 17 heavy (non-hydrogen) atoms. The van der Waals surface area contributed by atoms with Gasteiger partial charge in [-0.1, -0.05) is 0 Å². The number of aromatic nitrogens is 2. The van der Waals surface area contributed by atoms with Crippen LogP contribution in [0.2, 0.25) is 0 Å². The van der Waals surface area contributed by atoms with E-state index in [2.05, 4.69) is 20.6 Å². The Labute approximate surface area is 96.4 Å². The first-order valence-electron chi connectivity index (χ1n) is 4.81. The number of carbonyl (C=O) groups excluding carboxylic acids is 2. The summed E-state index contributed by atoms with van der Waals surface area (Å²) in [6.07, 6.45) is 1.24. The van der Waals surface area contributed by atoms with Crippen LogP contribution in [0.5, 0.6) is 0 Å². The average Bonchev–Trinajstić information content (AvgIpc) is 2.77. The number of aromatic carboxylic acids is 1. The summed E-state index contributed by atoms with van der Waals surface area (Å²) in [6.45, 7) is 0.116. The number of hydrogen-bond acceptors (Lipinski definition) is 4. The van der Waals surface area contributed by atoms with Gasteiger partial charge < -0.3 is 20.7 Å². The van der Waals surface area contributed by atoms with E-state index >= 15 is 0 Å². The number of imidazole rings is 1. The maximum Gasteiger partial charge on any atom is 0.354 e. The smallest absolute Gasteiger partial charge is 0.354 e. The monoisotopic (exact) mass is 240 g/mol. The molecule has 0 aromatic carbocycles. The number of H-pyrrole nitrogens is 1. The maximum absolute atomic E-state index is 11.5. The third-order valence-electron chi connectivity index (χ3n) is 1.98. The van der Waals surface area contributed by atoms with E-state index in [1.165, 1.54) is 7.05 Å². The molecule has 0 saturated carbocycles. The molecule has 1 rings (SSSR count). The Hall–Kier alpha value is -2.38. The van der Waals surface area contributed by atoms with Crippen molar-refractivity contribution in [3.63, 3.8) is 0 Å². The Bertz CT molecular complexity index is 440. The van der Waals surface area contributed by atoms with Crippen LogP contribution in [-0.2, 0) is 4.79 Å². The largest absolute Gasteiger partial charge is 0.477 e. The molecule has 4 N–H and O–H groups in total. The van der Waals surface area contributed by atoms with Gasteiger partial charge in [-0.3, -0.25) is 9.59 Å². The molecule has 92 valence electrons. The first-order valence-corrected chi connectivity index (χ1v) is 4.81. The number of carboxylic acids is 1. The first-order chi connectivity index (χ1) is 8.06. The van der Waals surface area contributed by atoms with E-state index in [-0.39, 0.29) is 30.3 Å². The van der Waals surface area contributed by atoms with Gasteiger partial charge in [-0.25, -0.2) is 9.78 Å². The molecule has 0 aliphatic heterocycles. The lowest BCUT2D eigenvalue weighted by atomic mass is 10.3. The standard InChI is InChI=1S/C9H12N4O4/c1-10-5(14)2-3-11-8(15)6-7(9(16)17)13-4-12-6/h4H,2-3H2,1H3,(H,10,14)(H,11,15)(H,12,13)(H,16,17). The van der Waals surface area contributed by atoms with Gasteiger partial charge in [-0.05, 0) is 0 Å². The molecule has 0 spiro atoms. The van der Waals surface area contributed by atoms with Crippen molar-refractivity contribution < 1.29 is 19.5 Å². The number of aromatic amines is 1. The molecular weight excluding hydrogens is 228 g/mol. The van der Waals surface area contributed by atoms with E-state index in [0.717, 1.165) is 6.33 Å². The first kappa shape index (κ1) is 12.7. The van der Waals surface area contributed by atoms with Crippen molar-refractivity contribution in [3.8, 4) is 0 Å². The van der Waals surface area contributed by atoms with Crippen molar-refractivity contribution in [1.29, 1.82) is 0 Å². The average molecular weight is 240 g/mol. The van der Waals surface area contributed by atoms with Gasteiger partial charge in [0.2, 0.25) is 5.91 Å². The highest BCUT2D eigenvalue weighted by Gasteiger charge is 2.19. The molecule has 0 radical (unpaired) electrons. The van der Waals surface area contributed by atoms with Gasteiger partial charge in [-0.2, -0.15) is 0 Å². The zero-order valence-electron chi connectivity index (χ0n) is 9.11. The van der Waals surface area contributed by atoms with Gasteiger partial charge in [0.1, 0.15) is 0 Å². The lowest BCUT2D eigenvalue weighted by Crippen LogP contribution is -2.30. The summed E-state index contributed by atoms with van der Waals surface area (Å²) >= 11 is 0. The molecule has 1 heterocycles. The summed E-state index contributed by atoms with van der Waals surface area (Å²) in [7, 11) is 1.49. The molecule has 0 saturated heterocycles. The number of nitrogens with zero attached hydrogens (tertiary/aromatic N) is 1. The molecule has 8 heteroatoms. The molecule has 1 aromatic heterocycles. The normalized spacial score (nSPS) is 9.71. The van der Waals surface area contributed by atoms with Crippen LogP contribution in [0.1, 0.15) is 27.4 Å². The summed E-state index contributed by atoms with van der Waals surface area (Å²) < 4.78 is 0. The molecule has 0 fully saturated rings. The third kappa shape index (κ3) is 3.30. The molecule has 0 aliphatic carbocycles. The second-order valence-corrected chi connectivity index (χ2v) is 3.11. The molecular formula is C9H12N4O4. The highest BCUT2D eigenvalue weighted by molar-refractivity contribution is 6.02. The number of amides is 2. The Morgan fingerprint density at radius 3 is 2.76 bits per heavy atom. The predicted octanol–water partition coefficient (Wildman–Crippen LogP) is -1.03. The second kappa shape index (κ2) is 5.64. The van der Waals surface area contributed by atoms with Crippen molar-refractivity contribution in [2.45, 2.75) is 6.42 Å². The number of carboxylic acid groups (broad SMARTS) is 1. The minimum absolute atomic E-state index is 0.116. The number of rotatable bonds is 5. The van der Waals surface area contributed by atoms with E-state index in [1.54, 1.807) is 0 Å². The van der Waals surface area contributed by atoms with Crippen LogP contribution in [0.4, 0.5) is 0 Å². The summed E-state index contributed by atoms with van der Waals surface area (Å²) in [5, 5.41) is 13.5. The number of hydrogen-bond donors (Lipinski definition) is 4. The van der Waals surface area contributed by atoms with E-state index in [1.807, 2.05) is 0 Å². The van der Waals surface area contributed by atoms with Crippen LogP contribution in [0.25, 0.3) is 0 Å². The van der Waals surface area contributed by atoms with Crippen LogP contribution >= 0.6 is 0 Å². The molecule has 1 aromatic rings. The number of carbonyl (C=O) groups is 3. The van der Waals surface area contributed by atoms with E-state index < -0.39 is 11.9 Å². The fourth-order valence-corrected chi connectivity index (χ4v) is 1.13. The lowest BCUT2D eigenvalue weighted by Gasteiger charge is -2.03. The maximum atomic E-state index is 11.5. The van der Waals surface area contributed by atoms with Crippen LogP contribution < -0.4 is 10.6 Å². The van der Waals surface area contributed by atoms with E-state index in [0.29, 0.717) is 0 Å². The number of nitrogens with one attached hydrogen (secondary N) is 3. The Morgan fingerprint density at radius 1 is 1.47 bits per heavy atom. The molecule has 0 bridgehead atoms. The zero-order valence-corrected chi connectivity index (χ0v) is 9.11. The minimum Gasteiger partial charge on any atom is -0.477 e. The lowest BCUT2D eigenvalue weighted by molar-refractivity contribution is -0.120. The van der Waals surface area contributed by atoms with Gasteiger partial charge in [0.25, 0.3) is 5.91 Å².